The van der Waals surface area contributed by atoms with Gasteiger partial charge in [0.15, 0.2) is 6.61 Å². The van der Waals surface area contributed by atoms with Crippen molar-refractivity contribution < 1.29 is 23.4 Å². The van der Waals surface area contributed by atoms with Crippen LogP contribution in [0.15, 0.2) is 52.9 Å². The SMILES string of the molecule is COc1ccc(-c2nnc(-c3ccc(OCC(=O)NCC4CCOCC4)cc3)o2)cc1. The first kappa shape index (κ1) is 20.9. The number of amides is 1. The monoisotopic (exact) mass is 423 g/mol. The number of aromatic nitrogens is 2. The molecule has 8 nitrogen and oxygen atoms in total. The first-order chi connectivity index (χ1) is 15.2. The lowest BCUT2D eigenvalue weighted by atomic mass is 10.0. The van der Waals surface area contributed by atoms with Gasteiger partial charge in [-0.05, 0) is 67.3 Å². The Bertz CT molecular complexity index is 979. The number of hydrogen-bond donors (Lipinski definition) is 1. The second-order valence-corrected chi connectivity index (χ2v) is 7.31. The zero-order chi connectivity index (χ0) is 21.5. The molecule has 8 heteroatoms. The summed E-state index contributed by atoms with van der Waals surface area (Å²) < 4.78 is 21.8. The topological polar surface area (TPSA) is 95.7 Å². The normalized spacial score (nSPS) is 14.2. The van der Waals surface area contributed by atoms with Gasteiger partial charge in [-0.25, -0.2) is 0 Å². The molecule has 0 radical (unpaired) electrons. The van der Waals surface area contributed by atoms with Gasteiger partial charge in [0.05, 0.1) is 7.11 Å². The summed E-state index contributed by atoms with van der Waals surface area (Å²) in [6.07, 6.45) is 1.97. The van der Waals surface area contributed by atoms with E-state index < -0.39 is 0 Å². The van der Waals surface area contributed by atoms with Crippen LogP contribution < -0.4 is 14.8 Å². The molecule has 1 saturated heterocycles. The third-order valence-corrected chi connectivity index (χ3v) is 5.16. The highest BCUT2D eigenvalue weighted by Crippen LogP contribution is 2.26. The van der Waals surface area contributed by atoms with Crippen LogP contribution in [0.25, 0.3) is 22.9 Å². The Morgan fingerprint density at radius 2 is 1.55 bits per heavy atom. The van der Waals surface area contributed by atoms with Crippen LogP contribution in [-0.2, 0) is 9.53 Å². The third kappa shape index (κ3) is 5.61. The molecule has 1 amide bonds. The van der Waals surface area contributed by atoms with Gasteiger partial charge in [-0.1, -0.05) is 0 Å². The van der Waals surface area contributed by atoms with Crippen molar-refractivity contribution in [2.45, 2.75) is 12.8 Å². The summed E-state index contributed by atoms with van der Waals surface area (Å²) in [4.78, 5) is 12.0. The molecule has 31 heavy (non-hydrogen) atoms. The van der Waals surface area contributed by atoms with Gasteiger partial charge >= 0.3 is 0 Å². The van der Waals surface area contributed by atoms with E-state index in [1.54, 1.807) is 19.2 Å². The van der Waals surface area contributed by atoms with E-state index >= 15 is 0 Å². The highest BCUT2D eigenvalue weighted by molar-refractivity contribution is 5.77. The lowest BCUT2D eigenvalue weighted by Gasteiger charge is -2.22. The van der Waals surface area contributed by atoms with E-state index in [1.807, 2.05) is 36.4 Å². The molecule has 2 aromatic carbocycles. The molecule has 0 bridgehead atoms. The minimum absolute atomic E-state index is 0.0231. The summed E-state index contributed by atoms with van der Waals surface area (Å²) >= 11 is 0. The molecular formula is C23H25N3O5. The average molecular weight is 423 g/mol. The maximum atomic E-state index is 12.0. The first-order valence-electron chi connectivity index (χ1n) is 10.3. The molecule has 2 heterocycles. The van der Waals surface area contributed by atoms with Crippen molar-refractivity contribution >= 4 is 5.91 Å². The van der Waals surface area contributed by atoms with Crippen LogP contribution in [-0.4, -0.2) is 49.6 Å². The van der Waals surface area contributed by atoms with Crippen LogP contribution in [0.2, 0.25) is 0 Å². The predicted molar refractivity (Wildman–Crippen MR) is 114 cm³/mol. The Kier molecular flexibility index (Phi) is 6.78. The number of rotatable bonds is 8. The summed E-state index contributed by atoms with van der Waals surface area (Å²) in [6, 6.07) is 14.6. The number of hydrogen-bond acceptors (Lipinski definition) is 7. The van der Waals surface area contributed by atoms with Gasteiger partial charge in [0.25, 0.3) is 5.91 Å². The maximum Gasteiger partial charge on any atom is 0.257 e. The van der Waals surface area contributed by atoms with E-state index in [4.69, 9.17) is 18.6 Å². The highest BCUT2D eigenvalue weighted by atomic mass is 16.5. The molecule has 1 aliphatic rings. The smallest absolute Gasteiger partial charge is 0.257 e. The number of nitrogens with zero attached hydrogens (tertiary/aromatic N) is 2. The van der Waals surface area contributed by atoms with Crippen molar-refractivity contribution in [3.8, 4) is 34.4 Å². The summed E-state index contributed by atoms with van der Waals surface area (Å²) in [7, 11) is 1.62. The fraction of sp³-hybridized carbons (Fsp3) is 0.348. The fourth-order valence-corrected chi connectivity index (χ4v) is 3.29. The molecule has 1 N–H and O–H groups in total. The minimum Gasteiger partial charge on any atom is -0.497 e. The van der Waals surface area contributed by atoms with Crippen molar-refractivity contribution in [3.05, 3.63) is 48.5 Å². The van der Waals surface area contributed by atoms with Gasteiger partial charge in [0.2, 0.25) is 11.8 Å². The number of methoxy groups -OCH3 is 1. The van der Waals surface area contributed by atoms with Gasteiger partial charge in [0.1, 0.15) is 11.5 Å². The van der Waals surface area contributed by atoms with Crippen LogP contribution in [0.1, 0.15) is 12.8 Å². The molecule has 1 fully saturated rings. The molecule has 0 saturated carbocycles. The summed E-state index contributed by atoms with van der Waals surface area (Å²) in [6.45, 7) is 2.18. The number of carbonyl (C=O) groups is 1. The Hall–Kier alpha value is -3.39. The summed E-state index contributed by atoms with van der Waals surface area (Å²) in [5, 5.41) is 11.2. The van der Waals surface area contributed by atoms with E-state index in [-0.39, 0.29) is 12.5 Å². The largest absolute Gasteiger partial charge is 0.497 e. The molecule has 1 aliphatic heterocycles. The van der Waals surface area contributed by atoms with Gasteiger partial charge in [-0.2, -0.15) is 0 Å². The number of nitrogens with one attached hydrogen (secondary N) is 1. The molecule has 3 aromatic rings. The molecule has 0 unspecified atom stereocenters. The Morgan fingerprint density at radius 3 is 2.13 bits per heavy atom. The highest BCUT2D eigenvalue weighted by Gasteiger charge is 2.15. The van der Waals surface area contributed by atoms with E-state index in [0.29, 0.717) is 30.0 Å². The quantitative estimate of drug-likeness (QED) is 0.594. The summed E-state index contributed by atoms with van der Waals surface area (Å²) in [5.41, 5.74) is 1.58. The van der Waals surface area contributed by atoms with Crippen LogP contribution in [0.3, 0.4) is 0 Å². The van der Waals surface area contributed by atoms with Crippen LogP contribution >= 0.6 is 0 Å². The van der Waals surface area contributed by atoms with Crippen molar-refractivity contribution in [1.82, 2.24) is 15.5 Å². The first-order valence-corrected chi connectivity index (χ1v) is 10.3. The minimum atomic E-state index is -0.128. The van der Waals surface area contributed by atoms with E-state index in [1.165, 1.54) is 0 Å². The Labute approximate surface area is 180 Å². The zero-order valence-corrected chi connectivity index (χ0v) is 17.4. The van der Waals surface area contributed by atoms with Crippen LogP contribution in [0.5, 0.6) is 11.5 Å². The predicted octanol–water partition coefficient (Wildman–Crippen LogP) is 3.33. The van der Waals surface area contributed by atoms with Crippen molar-refractivity contribution in [1.29, 1.82) is 0 Å². The van der Waals surface area contributed by atoms with Crippen LogP contribution in [0.4, 0.5) is 0 Å². The maximum absolute atomic E-state index is 12.0. The van der Waals surface area contributed by atoms with E-state index in [0.717, 1.165) is 42.9 Å². The molecule has 1 aromatic heterocycles. The standard InChI is InChI=1S/C23H25N3O5/c1-28-19-6-2-17(3-7-19)22-25-26-23(31-22)18-4-8-20(9-5-18)30-15-21(27)24-14-16-10-12-29-13-11-16/h2-9,16H,10-15H2,1H3,(H,24,27). The van der Waals surface area contributed by atoms with Gasteiger partial charge in [-0.3, -0.25) is 4.79 Å². The number of benzene rings is 2. The Morgan fingerprint density at radius 1 is 0.968 bits per heavy atom. The molecular weight excluding hydrogens is 398 g/mol. The molecule has 4 rings (SSSR count). The van der Waals surface area contributed by atoms with Crippen molar-refractivity contribution in [2.75, 3.05) is 33.5 Å². The lowest BCUT2D eigenvalue weighted by Crippen LogP contribution is -2.35. The number of carbonyl (C=O) groups excluding carboxylic acids is 1. The third-order valence-electron chi connectivity index (χ3n) is 5.16. The fourth-order valence-electron chi connectivity index (χ4n) is 3.29. The van der Waals surface area contributed by atoms with E-state index in [9.17, 15) is 4.79 Å². The summed E-state index contributed by atoms with van der Waals surface area (Å²) in [5.74, 6) is 2.55. The van der Waals surface area contributed by atoms with Crippen molar-refractivity contribution in [2.24, 2.45) is 5.92 Å². The lowest BCUT2D eigenvalue weighted by molar-refractivity contribution is -0.123. The average Bonchev–Trinajstić information content (AvgIpc) is 3.33. The van der Waals surface area contributed by atoms with Gasteiger partial charge in [-0.15, -0.1) is 10.2 Å². The van der Waals surface area contributed by atoms with Crippen LogP contribution in [0, 0.1) is 5.92 Å². The number of ether oxygens (including phenoxy) is 3. The Balaban J connectivity index is 1.29. The molecule has 162 valence electrons. The second kappa shape index (κ2) is 10.1. The van der Waals surface area contributed by atoms with Crippen molar-refractivity contribution in [3.63, 3.8) is 0 Å². The zero-order valence-electron chi connectivity index (χ0n) is 17.4. The molecule has 0 aliphatic carbocycles. The van der Waals surface area contributed by atoms with Gasteiger partial charge in [0, 0.05) is 30.9 Å². The second-order valence-electron chi connectivity index (χ2n) is 7.31. The van der Waals surface area contributed by atoms with Gasteiger partial charge < -0.3 is 23.9 Å². The molecule has 0 atom stereocenters. The van der Waals surface area contributed by atoms with E-state index in [2.05, 4.69) is 15.5 Å². The molecule has 0 spiro atoms.